The van der Waals surface area contributed by atoms with E-state index in [1.807, 2.05) is 19.9 Å². The second-order valence-electron chi connectivity index (χ2n) is 9.06. The zero-order chi connectivity index (χ0) is 28.2. The van der Waals surface area contributed by atoms with Crippen LogP contribution in [0.5, 0.6) is 0 Å². The number of rotatable bonds is 9. The molecule has 7 nitrogen and oxygen atoms in total. The van der Waals surface area contributed by atoms with Gasteiger partial charge in [0.2, 0.25) is 11.8 Å². The summed E-state index contributed by atoms with van der Waals surface area (Å²) in [6, 6.07) is 15.7. The second-order valence-corrected chi connectivity index (χ2v) is 11.7. The number of nitrogens with one attached hydrogen (secondary N) is 1. The SMILES string of the molecule is CNC(=O)[C@H](C)N(Cc1c(Cl)cccc1Cl)C(=O)CN(c1cccc(C)c1C)S(=O)(=O)c1ccc(C)cc1. The van der Waals surface area contributed by atoms with Gasteiger partial charge in [-0.25, -0.2) is 8.42 Å². The lowest BCUT2D eigenvalue weighted by Gasteiger charge is -2.32. The molecule has 0 aromatic heterocycles. The van der Waals surface area contributed by atoms with Crippen molar-refractivity contribution in [2.24, 2.45) is 0 Å². The molecule has 0 radical (unpaired) electrons. The van der Waals surface area contributed by atoms with Crippen molar-refractivity contribution in [3.63, 3.8) is 0 Å². The van der Waals surface area contributed by atoms with Crippen molar-refractivity contribution >= 4 is 50.7 Å². The number of halogens is 2. The van der Waals surface area contributed by atoms with Crippen LogP contribution in [0.25, 0.3) is 0 Å². The molecule has 10 heteroatoms. The fraction of sp³-hybridized carbons (Fsp3) is 0.286. The van der Waals surface area contributed by atoms with Crippen molar-refractivity contribution in [3.8, 4) is 0 Å². The van der Waals surface area contributed by atoms with Gasteiger partial charge >= 0.3 is 0 Å². The van der Waals surface area contributed by atoms with Crippen LogP contribution in [0.4, 0.5) is 5.69 Å². The minimum absolute atomic E-state index is 0.0526. The monoisotopic (exact) mass is 575 g/mol. The molecule has 0 spiro atoms. The van der Waals surface area contributed by atoms with Crippen LogP contribution in [0.15, 0.2) is 65.6 Å². The van der Waals surface area contributed by atoms with Crippen LogP contribution < -0.4 is 9.62 Å². The summed E-state index contributed by atoms with van der Waals surface area (Å²) < 4.78 is 28.9. The molecule has 0 fully saturated rings. The number of nitrogens with zero attached hydrogens (tertiary/aromatic N) is 2. The van der Waals surface area contributed by atoms with Crippen LogP contribution in [0.2, 0.25) is 10.0 Å². The number of carbonyl (C=O) groups is 2. The molecule has 0 bridgehead atoms. The van der Waals surface area contributed by atoms with E-state index in [4.69, 9.17) is 23.2 Å². The van der Waals surface area contributed by atoms with Crippen LogP contribution in [-0.2, 0) is 26.2 Å². The largest absolute Gasteiger partial charge is 0.357 e. The fourth-order valence-corrected chi connectivity index (χ4v) is 5.99. The van der Waals surface area contributed by atoms with Gasteiger partial charge in [-0.15, -0.1) is 0 Å². The first-order valence-electron chi connectivity index (χ1n) is 12.0. The molecule has 0 heterocycles. The van der Waals surface area contributed by atoms with Gasteiger partial charge in [-0.05, 0) is 69.2 Å². The Morgan fingerprint density at radius 1 is 0.921 bits per heavy atom. The molecule has 0 saturated carbocycles. The Hall–Kier alpha value is -3.07. The van der Waals surface area contributed by atoms with E-state index in [1.54, 1.807) is 56.3 Å². The predicted octanol–water partition coefficient (Wildman–Crippen LogP) is 5.28. The summed E-state index contributed by atoms with van der Waals surface area (Å²) in [5, 5.41) is 3.21. The smallest absolute Gasteiger partial charge is 0.264 e. The summed E-state index contributed by atoms with van der Waals surface area (Å²) in [5.41, 5.74) is 3.33. The Morgan fingerprint density at radius 2 is 1.50 bits per heavy atom. The summed E-state index contributed by atoms with van der Waals surface area (Å²) in [5.74, 6) is -1.00. The first-order valence-corrected chi connectivity index (χ1v) is 14.2. The molecular weight excluding hydrogens is 545 g/mol. The quantitative estimate of drug-likeness (QED) is 0.376. The number of hydrogen-bond acceptors (Lipinski definition) is 4. The van der Waals surface area contributed by atoms with E-state index in [9.17, 15) is 18.0 Å². The van der Waals surface area contributed by atoms with Crippen LogP contribution in [-0.4, -0.2) is 44.8 Å². The van der Waals surface area contributed by atoms with E-state index < -0.39 is 34.4 Å². The molecule has 38 heavy (non-hydrogen) atoms. The van der Waals surface area contributed by atoms with Crippen molar-refractivity contribution in [1.82, 2.24) is 10.2 Å². The van der Waals surface area contributed by atoms with Crippen LogP contribution in [0.1, 0.15) is 29.2 Å². The molecule has 202 valence electrons. The first-order chi connectivity index (χ1) is 17.9. The van der Waals surface area contributed by atoms with E-state index in [1.165, 1.54) is 24.1 Å². The second kappa shape index (κ2) is 12.2. The molecule has 1 atom stereocenters. The van der Waals surface area contributed by atoms with Crippen molar-refractivity contribution in [3.05, 3.63) is 93.0 Å². The number of likely N-dealkylation sites (N-methyl/N-ethyl adjacent to an activating group) is 1. The number of sulfonamides is 1. The van der Waals surface area contributed by atoms with Gasteiger partial charge in [-0.3, -0.25) is 13.9 Å². The van der Waals surface area contributed by atoms with Gasteiger partial charge in [0.15, 0.2) is 0 Å². The van der Waals surface area contributed by atoms with E-state index in [2.05, 4.69) is 5.32 Å². The zero-order valence-corrected chi connectivity index (χ0v) is 24.3. The number of carbonyl (C=O) groups excluding carboxylic acids is 2. The minimum Gasteiger partial charge on any atom is -0.357 e. The van der Waals surface area contributed by atoms with Crippen molar-refractivity contribution in [2.45, 2.75) is 45.2 Å². The maximum Gasteiger partial charge on any atom is 0.264 e. The normalized spacial score (nSPS) is 12.1. The highest BCUT2D eigenvalue weighted by Crippen LogP contribution is 2.30. The summed E-state index contributed by atoms with van der Waals surface area (Å²) in [6.45, 7) is 6.48. The Morgan fingerprint density at radius 3 is 2.08 bits per heavy atom. The third-order valence-corrected chi connectivity index (χ3v) is 9.02. The molecule has 0 aliphatic carbocycles. The molecule has 1 N–H and O–H groups in total. The molecule has 2 amide bonds. The van der Waals surface area contributed by atoms with Gasteiger partial charge in [0.25, 0.3) is 10.0 Å². The molecule has 0 aliphatic rings. The molecule has 3 rings (SSSR count). The highest BCUT2D eigenvalue weighted by Gasteiger charge is 2.33. The van der Waals surface area contributed by atoms with Gasteiger partial charge in [-0.2, -0.15) is 0 Å². The van der Waals surface area contributed by atoms with Crippen LogP contribution in [0.3, 0.4) is 0 Å². The van der Waals surface area contributed by atoms with Crippen molar-refractivity contribution < 1.29 is 18.0 Å². The lowest BCUT2D eigenvalue weighted by atomic mass is 10.1. The number of benzene rings is 3. The molecular formula is C28H31Cl2N3O4S. The fourth-order valence-electron chi connectivity index (χ4n) is 4.00. The summed E-state index contributed by atoms with van der Waals surface area (Å²) in [7, 11) is -2.68. The van der Waals surface area contributed by atoms with Gasteiger partial charge in [0.05, 0.1) is 10.6 Å². The Balaban J connectivity index is 2.11. The van der Waals surface area contributed by atoms with E-state index in [0.717, 1.165) is 21.0 Å². The average Bonchev–Trinajstić information content (AvgIpc) is 2.88. The Labute approximate surface area is 234 Å². The van der Waals surface area contributed by atoms with Crippen LogP contribution in [0, 0.1) is 20.8 Å². The molecule has 0 unspecified atom stereocenters. The van der Waals surface area contributed by atoms with E-state index >= 15 is 0 Å². The first kappa shape index (κ1) is 29.5. The lowest BCUT2D eigenvalue weighted by Crippen LogP contribution is -2.51. The number of aryl methyl sites for hydroxylation is 2. The van der Waals surface area contributed by atoms with E-state index in [0.29, 0.717) is 21.3 Å². The van der Waals surface area contributed by atoms with Crippen molar-refractivity contribution in [2.75, 3.05) is 17.9 Å². The topological polar surface area (TPSA) is 86.8 Å². The Kier molecular flexibility index (Phi) is 9.46. The average molecular weight is 577 g/mol. The number of hydrogen-bond donors (Lipinski definition) is 1. The van der Waals surface area contributed by atoms with E-state index in [-0.39, 0.29) is 11.4 Å². The third-order valence-electron chi connectivity index (χ3n) is 6.54. The summed E-state index contributed by atoms with van der Waals surface area (Å²) in [4.78, 5) is 27.9. The third kappa shape index (κ3) is 6.31. The van der Waals surface area contributed by atoms with Gasteiger partial charge in [0.1, 0.15) is 12.6 Å². The minimum atomic E-state index is -4.15. The number of amides is 2. The van der Waals surface area contributed by atoms with Crippen molar-refractivity contribution in [1.29, 1.82) is 0 Å². The maximum absolute atomic E-state index is 13.9. The predicted molar refractivity (Wildman–Crippen MR) is 152 cm³/mol. The van der Waals surface area contributed by atoms with Gasteiger partial charge in [-0.1, -0.05) is 59.1 Å². The lowest BCUT2D eigenvalue weighted by molar-refractivity contribution is -0.139. The Bertz CT molecular complexity index is 1420. The highest BCUT2D eigenvalue weighted by molar-refractivity contribution is 7.92. The molecule has 0 saturated heterocycles. The molecule has 3 aromatic rings. The number of anilines is 1. The zero-order valence-electron chi connectivity index (χ0n) is 22.0. The highest BCUT2D eigenvalue weighted by atomic mass is 35.5. The summed E-state index contributed by atoms with van der Waals surface area (Å²) >= 11 is 12.7. The maximum atomic E-state index is 13.9. The van der Waals surface area contributed by atoms with Gasteiger partial charge < -0.3 is 10.2 Å². The molecule has 0 aliphatic heterocycles. The van der Waals surface area contributed by atoms with Gasteiger partial charge in [0, 0.05) is 29.2 Å². The summed E-state index contributed by atoms with van der Waals surface area (Å²) in [6.07, 6.45) is 0. The van der Waals surface area contributed by atoms with Crippen LogP contribution >= 0.6 is 23.2 Å². The molecule has 3 aromatic carbocycles. The standard InChI is InChI=1S/C28H31Cl2N3O4S/c1-18-12-14-22(15-13-18)38(36,37)33(26-11-6-8-19(2)20(26)3)17-27(34)32(21(4)28(35)31-5)16-23-24(29)9-7-10-25(23)30/h6-15,21H,16-17H2,1-5H3,(H,31,35)/t21-/m0/s1.